The van der Waals surface area contributed by atoms with Crippen molar-refractivity contribution >= 4 is 0 Å². The van der Waals surface area contributed by atoms with Gasteiger partial charge in [0, 0.05) is 5.54 Å². The molecule has 0 aliphatic heterocycles. The van der Waals surface area contributed by atoms with Gasteiger partial charge in [0.15, 0.2) is 0 Å². The van der Waals surface area contributed by atoms with E-state index in [1.54, 1.807) is 0 Å². The Morgan fingerprint density at radius 1 is 1.15 bits per heavy atom. The van der Waals surface area contributed by atoms with E-state index in [1.165, 1.54) is 38.5 Å². The Bertz CT molecular complexity index is 216. The van der Waals surface area contributed by atoms with E-state index >= 15 is 0 Å². The highest BCUT2D eigenvalue weighted by Gasteiger charge is 2.66. The van der Waals surface area contributed by atoms with Crippen LogP contribution in [0.2, 0.25) is 0 Å². The quantitative estimate of drug-likeness (QED) is 0.652. The molecule has 0 amide bonds. The van der Waals surface area contributed by atoms with Gasteiger partial charge in [-0.15, -0.1) is 0 Å². The molecule has 74 valence electrons. The van der Waals surface area contributed by atoms with E-state index < -0.39 is 0 Å². The van der Waals surface area contributed by atoms with Gasteiger partial charge in [-0.2, -0.15) is 0 Å². The van der Waals surface area contributed by atoms with E-state index in [1.807, 2.05) is 0 Å². The molecule has 0 heterocycles. The van der Waals surface area contributed by atoms with Crippen LogP contribution in [0.4, 0.5) is 0 Å². The summed E-state index contributed by atoms with van der Waals surface area (Å²) in [5, 5.41) is 3.66. The van der Waals surface area contributed by atoms with E-state index in [9.17, 15) is 0 Å². The molecule has 0 aromatic carbocycles. The van der Waals surface area contributed by atoms with Crippen LogP contribution in [0.25, 0.3) is 0 Å². The van der Waals surface area contributed by atoms with Crippen molar-refractivity contribution in [3.63, 3.8) is 0 Å². The van der Waals surface area contributed by atoms with Gasteiger partial charge in [-0.1, -0.05) is 6.42 Å². The molecule has 3 rings (SSSR count). The molecule has 1 spiro atoms. The number of hydrogen-bond donors (Lipinski definition) is 1. The van der Waals surface area contributed by atoms with E-state index in [2.05, 4.69) is 19.3 Å². The van der Waals surface area contributed by atoms with Crippen molar-refractivity contribution in [1.29, 1.82) is 0 Å². The second kappa shape index (κ2) is 2.31. The summed E-state index contributed by atoms with van der Waals surface area (Å²) in [6.45, 7) is 2.50. The standard InChI is InChI=1S/C12H21N/c1-11(13-2)9-4-5-10(8-9)12(11)6-3-7-12/h9-10,13H,3-8H2,1-2H3/t9?,10-,11?/m0/s1. The first-order valence-electron chi connectivity index (χ1n) is 5.92. The Labute approximate surface area is 81.3 Å². The van der Waals surface area contributed by atoms with Crippen molar-refractivity contribution in [3.05, 3.63) is 0 Å². The summed E-state index contributed by atoms with van der Waals surface area (Å²) in [6.07, 6.45) is 9.04. The lowest BCUT2D eigenvalue weighted by Crippen LogP contribution is -2.61. The third kappa shape index (κ3) is 0.707. The normalized spacial score (nSPS) is 51.2. The van der Waals surface area contributed by atoms with Gasteiger partial charge in [0.1, 0.15) is 0 Å². The maximum Gasteiger partial charge on any atom is 0.0237 e. The summed E-state index contributed by atoms with van der Waals surface area (Å²) < 4.78 is 0. The van der Waals surface area contributed by atoms with Crippen LogP contribution in [0, 0.1) is 17.3 Å². The summed E-state index contributed by atoms with van der Waals surface area (Å²) in [5.74, 6) is 2.06. The third-order valence-corrected chi connectivity index (χ3v) is 5.83. The maximum atomic E-state index is 3.66. The van der Waals surface area contributed by atoms with Crippen molar-refractivity contribution < 1.29 is 0 Å². The van der Waals surface area contributed by atoms with E-state index in [-0.39, 0.29) is 0 Å². The zero-order valence-electron chi connectivity index (χ0n) is 8.90. The fourth-order valence-corrected chi connectivity index (χ4v) is 4.78. The zero-order valence-corrected chi connectivity index (χ0v) is 8.90. The molecule has 0 radical (unpaired) electrons. The van der Waals surface area contributed by atoms with Crippen LogP contribution in [0.1, 0.15) is 45.4 Å². The molecule has 2 unspecified atom stereocenters. The maximum absolute atomic E-state index is 3.66. The highest BCUT2D eigenvalue weighted by Crippen LogP contribution is 2.69. The lowest BCUT2D eigenvalue weighted by atomic mass is 9.52. The smallest absolute Gasteiger partial charge is 0.0237 e. The Hall–Kier alpha value is -0.0400. The minimum Gasteiger partial charge on any atom is -0.314 e. The van der Waals surface area contributed by atoms with Crippen LogP contribution in [0.3, 0.4) is 0 Å². The van der Waals surface area contributed by atoms with Gasteiger partial charge < -0.3 is 5.32 Å². The van der Waals surface area contributed by atoms with E-state index in [0.29, 0.717) is 5.54 Å². The second-order valence-corrected chi connectivity index (χ2v) is 5.67. The molecule has 2 bridgehead atoms. The van der Waals surface area contributed by atoms with Crippen LogP contribution in [0.5, 0.6) is 0 Å². The van der Waals surface area contributed by atoms with Crippen molar-refractivity contribution in [2.75, 3.05) is 7.05 Å². The molecule has 3 fully saturated rings. The molecule has 3 aliphatic rings. The van der Waals surface area contributed by atoms with Crippen molar-refractivity contribution in [3.8, 4) is 0 Å². The minimum absolute atomic E-state index is 0.494. The molecule has 0 aromatic rings. The van der Waals surface area contributed by atoms with Crippen LogP contribution in [0.15, 0.2) is 0 Å². The molecule has 1 nitrogen and oxygen atoms in total. The van der Waals surface area contributed by atoms with Crippen molar-refractivity contribution in [2.24, 2.45) is 17.3 Å². The molecular formula is C12H21N. The minimum atomic E-state index is 0.494. The lowest BCUT2D eigenvalue weighted by molar-refractivity contribution is -0.0363. The summed E-state index contributed by atoms with van der Waals surface area (Å²) >= 11 is 0. The van der Waals surface area contributed by atoms with Gasteiger partial charge >= 0.3 is 0 Å². The number of rotatable bonds is 1. The van der Waals surface area contributed by atoms with Gasteiger partial charge in [0.25, 0.3) is 0 Å². The molecule has 1 N–H and O–H groups in total. The first kappa shape index (κ1) is 8.28. The first-order valence-corrected chi connectivity index (χ1v) is 5.92. The summed E-state index contributed by atoms with van der Waals surface area (Å²) in [6, 6.07) is 0. The molecule has 3 saturated carbocycles. The SMILES string of the molecule is CNC1(C)C2CC[C@@H](C2)C12CCC2. The highest BCUT2D eigenvalue weighted by atomic mass is 15.0. The largest absolute Gasteiger partial charge is 0.314 e. The van der Waals surface area contributed by atoms with Gasteiger partial charge in [-0.25, -0.2) is 0 Å². The van der Waals surface area contributed by atoms with Crippen LogP contribution in [-0.2, 0) is 0 Å². The van der Waals surface area contributed by atoms with Crippen molar-refractivity contribution in [1.82, 2.24) is 5.32 Å². The van der Waals surface area contributed by atoms with Crippen molar-refractivity contribution in [2.45, 2.75) is 51.0 Å². The fraction of sp³-hybridized carbons (Fsp3) is 1.00. The van der Waals surface area contributed by atoms with Gasteiger partial charge in [0.2, 0.25) is 0 Å². The predicted molar refractivity (Wildman–Crippen MR) is 54.6 cm³/mol. The highest BCUT2D eigenvalue weighted by molar-refractivity contribution is 5.19. The average Bonchev–Trinajstić information content (AvgIpc) is 2.59. The van der Waals surface area contributed by atoms with Gasteiger partial charge in [0.05, 0.1) is 0 Å². The Morgan fingerprint density at radius 2 is 1.85 bits per heavy atom. The van der Waals surface area contributed by atoms with E-state index in [4.69, 9.17) is 0 Å². The number of nitrogens with one attached hydrogen (secondary N) is 1. The lowest BCUT2D eigenvalue weighted by Gasteiger charge is -2.57. The van der Waals surface area contributed by atoms with E-state index in [0.717, 1.165) is 17.3 Å². The van der Waals surface area contributed by atoms with Crippen LogP contribution < -0.4 is 5.32 Å². The molecular weight excluding hydrogens is 158 g/mol. The first-order chi connectivity index (χ1) is 6.23. The monoisotopic (exact) mass is 179 g/mol. The fourth-order valence-electron chi connectivity index (χ4n) is 4.78. The zero-order chi connectivity index (χ0) is 9.10. The molecule has 13 heavy (non-hydrogen) atoms. The summed E-state index contributed by atoms with van der Waals surface area (Å²) in [7, 11) is 2.18. The molecule has 0 saturated heterocycles. The third-order valence-electron chi connectivity index (χ3n) is 5.83. The van der Waals surface area contributed by atoms with Gasteiger partial charge in [-0.3, -0.25) is 0 Å². The van der Waals surface area contributed by atoms with Crippen LogP contribution in [-0.4, -0.2) is 12.6 Å². The Kier molecular flexibility index (Phi) is 1.47. The topological polar surface area (TPSA) is 12.0 Å². The summed E-state index contributed by atoms with van der Waals surface area (Å²) in [5.41, 5.74) is 1.22. The second-order valence-electron chi connectivity index (χ2n) is 5.67. The Morgan fingerprint density at radius 3 is 2.31 bits per heavy atom. The number of fused-ring (bicyclic) bond motifs is 3. The predicted octanol–water partition coefficient (Wildman–Crippen LogP) is 2.56. The van der Waals surface area contributed by atoms with Gasteiger partial charge in [-0.05, 0) is 63.3 Å². The summed E-state index contributed by atoms with van der Waals surface area (Å²) in [4.78, 5) is 0. The molecule has 1 heteroatoms. The molecule has 3 aliphatic carbocycles. The molecule has 0 aromatic heterocycles. The molecule has 3 atom stereocenters. The van der Waals surface area contributed by atoms with Crippen LogP contribution >= 0.6 is 0 Å². The Balaban J connectivity index is 2.00. The average molecular weight is 179 g/mol. The number of hydrogen-bond acceptors (Lipinski definition) is 1.